The van der Waals surface area contributed by atoms with Crippen molar-refractivity contribution in [1.29, 1.82) is 0 Å². The Labute approximate surface area is 261 Å². The van der Waals surface area contributed by atoms with Gasteiger partial charge in [-0.25, -0.2) is 18.2 Å². The van der Waals surface area contributed by atoms with Gasteiger partial charge in [-0.15, -0.1) is 0 Å². The molecule has 1 fully saturated rings. The standard InChI is InChI=1S/C32H31Cl2N3O5S/c1-20-9-13-23(14-10-20)43(40,41)37-17-4-3-8-29(37)31(38)36-28(32(39)42-2)19-21-11-15-26-22(18-21)12-16-27(35-26)30-24(33)6-5-7-25(30)34/h5-7,9-16,18,28-29H,3-4,8,17,19H2,1-2H3,(H,36,38)/t28?,29-/m0/s1. The third-order valence-electron chi connectivity index (χ3n) is 7.60. The third kappa shape index (κ3) is 6.70. The molecular weight excluding hydrogens is 609 g/mol. The Kier molecular flexibility index (Phi) is 9.36. The summed E-state index contributed by atoms with van der Waals surface area (Å²) in [4.78, 5) is 31.2. The fourth-order valence-electron chi connectivity index (χ4n) is 5.32. The Balaban J connectivity index is 1.36. The van der Waals surface area contributed by atoms with Gasteiger partial charge in [0.1, 0.15) is 12.1 Å². The first-order valence-electron chi connectivity index (χ1n) is 13.9. The molecule has 1 aromatic heterocycles. The summed E-state index contributed by atoms with van der Waals surface area (Å²) in [7, 11) is -2.66. The highest BCUT2D eigenvalue weighted by Crippen LogP contribution is 2.34. The minimum absolute atomic E-state index is 0.132. The number of benzene rings is 3. The SMILES string of the molecule is COC(=O)C(Cc1ccc2nc(-c3c(Cl)cccc3Cl)ccc2c1)NC(=O)[C@@H]1CCCCN1S(=O)(=O)c1ccc(C)cc1. The van der Waals surface area contributed by atoms with Crippen molar-refractivity contribution in [1.82, 2.24) is 14.6 Å². The number of nitrogens with one attached hydrogen (secondary N) is 1. The second-order valence-electron chi connectivity index (χ2n) is 10.5. The quantitative estimate of drug-likeness (QED) is 0.238. The molecule has 1 saturated heterocycles. The minimum atomic E-state index is -3.91. The lowest BCUT2D eigenvalue weighted by Crippen LogP contribution is -2.55. The number of methoxy groups -OCH3 is 1. The molecule has 3 aromatic carbocycles. The Hall–Kier alpha value is -3.50. The van der Waals surface area contributed by atoms with Gasteiger partial charge in [-0.05, 0) is 67.8 Å². The van der Waals surface area contributed by atoms with E-state index in [0.717, 1.165) is 16.5 Å². The molecule has 8 nitrogen and oxygen atoms in total. The van der Waals surface area contributed by atoms with Crippen molar-refractivity contribution in [3.8, 4) is 11.3 Å². The van der Waals surface area contributed by atoms with Gasteiger partial charge in [-0.2, -0.15) is 4.31 Å². The fourth-order valence-corrected chi connectivity index (χ4v) is 7.57. The van der Waals surface area contributed by atoms with Gasteiger partial charge in [-0.3, -0.25) is 4.79 Å². The van der Waals surface area contributed by atoms with E-state index in [1.54, 1.807) is 42.5 Å². The maximum absolute atomic E-state index is 13.5. The predicted molar refractivity (Wildman–Crippen MR) is 168 cm³/mol. The summed E-state index contributed by atoms with van der Waals surface area (Å²) in [6, 6.07) is 19.1. The maximum Gasteiger partial charge on any atom is 0.328 e. The minimum Gasteiger partial charge on any atom is -0.467 e. The first-order valence-corrected chi connectivity index (χ1v) is 16.1. The van der Waals surface area contributed by atoms with E-state index in [1.165, 1.54) is 11.4 Å². The average molecular weight is 641 g/mol. The highest BCUT2D eigenvalue weighted by atomic mass is 35.5. The maximum atomic E-state index is 13.5. The molecule has 1 unspecified atom stereocenters. The van der Waals surface area contributed by atoms with Gasteiger partial charge in [0.05, 0.1) is 33.3 Å². The molecule has 5 rings (SSSR count). The summed E-state index contributed by atoms with van der Waals surface area (Å²) in [5.41, 5.74) is 3.68. The number of piperidine rings is 1. The third-order valence-corrected chi connectivity index (χ3v) is 10.2. The highest BCUT2D eigenvalue weighted by molar-refractivity contribution is 7.89. The zero-order chi connectivity index (χ0) is 30.7. The zero-order valence-corrected chi connectivity index (χ0v) is 26.0. The molecule has 2 heterocycles. The van der Waals surface area contributed by atoms with E-state index in [-0.39, 0.29) is 17.9 Å². The van der Waals surface area contributed by atoms with Crippen LogP contribution in [0.3, 0.4) is 0 Å². The molecule has 1 amide bonds. The van der Waals surface area contributed by atoms with Crippen molar-refractivity contribution >= 4 is 56.0 Å². The second-order valence-corrected chi connectivity index (χ2v) is 13.3. The largest absolute Gasteiger partial charge is 0.467 e. The average Bonchev–Trinajstić information content (AvgIpc) is 3.00. The monoisotopic (exact) mass is 639 g/mol. The Morgan fingerprint density at radius 3 is 2.44 bits per heavy atom. The number of ether oxygens (including phenoxy) is 1. The smallest absolute Gasteiger partial charge is 0.328 e. The van der Waals surface area contributed by atoms with Gasteiger partial charge >= 0.3 is 5.97 Å². The van der Waals surface area contributed by atoms with E-state index in [0.29, 0.717) is 46.1 Å². The zero-order valence-electron chi connectivity index (χ0n) is 23.7. The van der Waals surface area contributed by atoms with Gasteiger partial charge in [0.25, 0.3) is 0 Å². The number of hydrogen-bond acceptors (Lipinski definition) is 6. The van der Waals surface area contributed by atoms with Crippen LogP contribution < -0.4 is 5.32 Å². The van der Waals surface area contributed by atoms with E-state index in [1.807, 2.05) is 37.3 Å². The number of carbonyl (C=O) groups excluding carboxylic acids is 2. The van der Waals surface area contributed by atoms with Crippen LogP contribution in [-0.2, 0) is 30.8 Å². The molecule has 0 spiro atoms. The predicted octanol–water partition coefficient (Wildman–Crippen LogP) is 5.96. The van der Waals surface area contributed by atoms with Crippen molar-refractivity contribution in [2.45, 2.75) is 49.6 Å². The van der Waals surface area contributed by atoms with Crippen LogP contribution in [0, 0.1) is 6.92 Å². The van der Waals surface area contributed by atoms with Gasteiger partial charge in [0, 0.05) is 23.9 Å². The fraction of sp³-hybridized carbons (Fsp3) is 0.281. The highest BCUT2D eigenvalue weighted by Gasteiger charge is 2.39. The summed E-state index contributed by atoms with van der Waals surface area (Å²) < 4.78 is 33.2. The number of sulfonamides is 1. The number of aromatic nitrogens is 1. The number of nitrogens with zero attached hydrogens (tertiary/aromatic N) is 2. The summed E-state index contributed by atoms with van der Waals surface area (Å²) in [5, 5.41) is 4.59. The van der Waals surface area contributed by atoms with Crippen molar-refractivity contribution < 1.29 is 22.7 Å². The van der Waals surface area contributed by atoms with Crippen LogP contribution in [0.5, 0.6) is 0 Å². The molecule has 11 heteroatoms. The molecule has 224 valence electrons. The van der Waals surface area contributed by atoms with Gasteiger partial charge in [-0.1, -0.05) is 65.5 Å². The first kappa shape index (κ1) is 30.9. The van der Waals surface area contributed by atoms with E-state index in [4.69, 9.17) is 32.9 Å². The Morgan fingerprint density at radius 2 is 1.74 bits per heavy atom. The molecule has 0 radical (unpaired) electrons. The molecule has 1 N–H and O–H groups in total. The lowest BCUT2D eigenvalue weighted by atomic mass is 10.0. The number of fused-ring (bicyclic) bond motifs is 1. The van der Waals surface area contributed by atoms with Crippen molar-refractivity contribution in [3.05, 3.63) is 94.0 Å². The molecule has 0 bridgehead atoms. The molecule has 1 aliphatic rings. The van der Waals surface area contributed by atoms with Crippen molar-refractivity contribution in [3.63, 3.8) is 0 Å². The van der Waals surface area contributed by atoms with Crippen LogP contribution in [0.15, 0.2) is 77.7 Å². The number of esters is 1. The first-order chi connectivity index (χ1) is 20.6. The number of halogens is 2. The van der Waals surface area contributed by atoms with Crippen molar-refractivity contribution in [2.24, 2.45) is 0 Å². The lowest BCUT2D eigenvalue weighted by Gasteiger charge is -2.34. The molecule has 0 aliphatic carbocycles. The van der Waals surface area contributed by atoms with Crippen LogP contribution in [0.2, 0.25) is 10.0 Å². The van der Waals surface area contributed by atoms with Crippen LogP contribution in [0.4, 0.5) is 0 Å². The molecule has 1 aliphatic heterocycles. The van der Waals surface area contributed by atoms with E-state index < -0.39 is 34.0 Å². The summed E-state index contributed by atoms with van der Waals surface area (Å²) in [5.74, 6) is -1.16. The summed E-state index contributed by atoms with van der Waals surface area (Å²) in [6.07, 6.45) is 1.83. The summed E-state index contributed by atoms with van der Waals surface area (Å²) >= 11 is 12.7. The topological polar surface area (TPSA) is 106 Å². The van der Waals surface area contributed by atoms with Crippen molar-refractivity contribution in [2.75, 3.05) is 13.7 Å². The van der Waals surface area contributed by atoms with E-state index >= 15 is 0 Å². The number of aryl methyl sites for hydroxylation is 1. The Morgan fingerprint density at radius 1 is 1.02 bits per heavy atom. The Bertz CT molecular complexity index is 1760. The normalized spacial score (nSPS) is 16.5. The molecular formula is C32H31Cl2N3O5S. The van der Waals surface area contributed by atoms with Gasteiger partial charge < -0.3 is 10.1 Å². The number of hydrogen-bond donors (Lipinski definition) is 1. The number of rotatable bonds is 8. The van der Waals surface area contributed by atoms with Gasteiger partial charge in [0.15, 0.2) is 0 Å². The van der Waals surface area contributed by atoms with Crippen LogP contribution >= 0.6 is 23.2 Å². The van der Waals surface area contributed by atoms with Crippen LogP contribution in [0.1, 0.15) is 30.4 Å². The van der Waals surface area contributed by atoms with Gasteiger partial charge in [0.2, 0.25) is 15.9 Å². The molecule has 43 heavy (non-hydrogen) atoms. The molecule has 2 atom stereocenters. The molecule has 4 aromatic rings. The number of amides is 1. The number of carbonyl (C=O) groups is 2. The summed E-state index contributed by atoms with van der Waals surface area (Å²) in [6.45, 7) is 2.09. The van der Waals surface area contributed by atoms with Crippen LogP contribution in [0.25, 0.3) is 22.2 Å². The second kappa shape index (κ2) is 13.0. The van der Waals surface area contributed by atoms with Crippen LogP contribution in [-0.4, -0.2) is 55.3 Å². The van der Waals surface area contributed by atoms with E-state index in [9.17, 15) is 18.0 Å². The lowest BCUT2D eigenvalue weighted by molar-refractivity contribution is -0.145. The molecule has 0 saturated carbocycles. The number of pyridine rings is 1. The van der Waals surface area contributed by atoms with E-state index in [2.05, 4.69) is 5.32 Å².